The van der Waals surface area contributed by atoms with Gasteiger partial charge in [0.25, 0.3) is 0 Å². The van der Waals surface area contributed by atoms with Crippen molar-refractivity contribution in [3.05, 3.63) is 144 Å². The molecule has 0 amide bonds. The van der Waals surface area contributed by atoms with Crippen molar-refractivity contribution in [2.24, 2.45) is 0 Å². The summed E-state index contributed by atoms with van der Waals surface area (Å²) in [5, 5.41) is 12.0. The highest BCUT2D eigenvalue weighted by atomic mass is 16.8. The van der Waals surface area contributed by atoms with Crippen molar-refractivity contribution in [3.8, 4) is 0 Å². The molecule has 3 saturated heterocycles. The number of carbonyl (C=O) groups is 2. The summed E-state index contributed by atoms with van der Waals surface area (Å²) in [6.45, 7) is 4.48. The van der Waals surface area contributed by atoms with Crippen molar-refractivity contribution in [3.63, 3.8) is 0 Å². The molecule has 1 N–H and O–H groups in total. The van der Waals surface area contributed by atoms with Crippen molar-refractivity contribution in [1.82, 2.24) is 0 Å². The van der Waals surface area contributed by atoms with Crippen LogP contribution in [0, 0.1) is 0 Å². The second kappa shape index (κ2) is 29.0. The summed E-state index contributed by atoms with van der Waals surface area (Å²) in [4.78, 5) is 24.7. The van der Waals surface area contributed by atoms with E-state index in [2.05, 4.69) is 0 Å². The molecule has 70 heavy (non-hydrogen) atoms. The lowest BCUT2D eigenvalue weighted by molar-refractivity contribution is -0.374. The number of aliphatic hydroxyl groups is 1. The maximum absolute atomic E-state index is 12.5. The first-order valence-corrected chi connectivity index (χ1v) is 24.7. The monoisotopic (exact) mass is 970 g/mol. The average Bonchev–Trinajstić information content (AvgIpc) is 3.38. The smallest absolute Gasteiger partial charge is 0.302 e. The van der Waals surface area contributed by atoms with E-state index in [1.165, 1.54) is 13.8 Å². The molecule has 4 aromatic carbocycles. The molecule has 0 aliphatic carbocycles. The molecule has 3 aliphatic heterocycles. The summed E-state index contributed by atoms with van der Waals surface area (Å²) >= 11 is 0. The number of hydrogen-bond acceptors (Lipinski definition) is 15. The Morgan fingerprint density at radius 3 is 1.44 bits per heavy atom. The summed E-state index contributed by atoms with van der Waals surface area (Å²) in [6, 6.07) is 38.6. The van der Waals surface area contributed by atoms with E-state index in [4.69, 9.17) is 56.8 Å². The van der Waals surface area contributed by atoms with Crippen molar-refractivity contribution in [1.29, 1.82) is 0 Å². The second-order valence-corrected chi connectivity index (χ2v) is 17.8. The van der Waals surface area contributed by atoms with Crippen LogP contribution in [0.25, 0.3) is 0 Å². The van der Waals surface area contributed by atoms with E-state index >= 15 is 0 Å². The van der Waals surface area contributed by atoms with E-state index < -0.39 is 73.4 Å². The van der Waals surface area contributed by atoms with Crippen LogP contribution in [-0.2, 0) is 92.9 Å². The van der Waals surface area contributed by atoms with Gasteiger partial charge in [0.05, 0.1) is 39.6 Å². The van der Waals surface area contributed by atoms with Crippen LogP contribution in [0.3, 0.4) is 0 Å². The Balaban J connectivity index is 1.19. The molecule has 4 aromatic rings. The van der Waals surface area contributed by atoms with Gasteiger partial charge in [0.1, 0.15) is 62.0 Å². The van der Waals surface area contributed by atoms with Gasteiger partial charge in [0.2, 0.25) is 0 Å². The standard InChI is InChI=1S/C55H70O15/c1-39(56)62-37-45-48(58)50(64-33-41-21-10-6-11-22-41)52(66-35-43-25-14-8-15-26-43)55(68-45)70-49-46(38-63-40(2)57)69-54(61-30-19-5-3-4-18-29-47-59-31-20-32-60-47)53(67-36-44-27-16-9-17-28-44)51(49)65-34-42-23-12-7-13-24-42/h6-17,21-28,45-55,58H,3-5,18-20,29-38H2,1-2H3/t45-,46-,48+,49+,50+,51+,52-,53-,54+,55-/m1/s1. The minimum Gasteiger partial charge on any atom is -0.463 e. The van der Waals surface area contributed by atoms with Crippen LogP contribution in [0.5, 0.6) is 0 Å². The fourth-order valence-electron chi connectivity index (χ4n) is 8.65. The van der Waals surface area contributed by atoms with Crippen LogP contribution in [0.15, 0.2) is 121 Å². The van der Waals surface area contributed by atoms with E-state index in [-0.39, 0.29) is 45.9 Å². The van der Waals surface area contributed by atoms with Crippen LogP contribution in [-0.4, -0.2) is 118 Å². The molecule has 0 spiro atoms. The molecule has 15 heteroatoms. The van der Waals surface area contributed by atoms with E-state index in [9.17, 15) is 14.7 Å². The third-order valence-corrected chi connectivity index (χ3v) is 12.3. The number of benzene rings is 4. The third-order valence-electron chi connectivity index (χ3n) is 12.3. The second-order valence-electron chi connectivity index (χ2n) is 17.8. The van der Waals surface area contributed by atoms with E-state index in [1.807, 2.05) is 121 Å². The van der Waals surface area contributed by atoms with Crippen LogP contribution in [0.4, 0.5) is 0 Å². The Kier molecular flexibility index (Phi) is 22.1. The Morgan fingerprint density at radius 2 is 0.929 bits per heavy atom. The molecule has 380 valence electrons. The Bertz CT molecular complexity index is 2060. The lowest BCUT2D eigenvalue weighted by Crippen LogP contribution is -2.66. The molecule has 0 aromatic heterocycles. The number of hydrogen-bond donors (Lipinski definition) is 1. The fourth-order valence-corrected chi connectivity index (χ4v) is 8.65. The van der Waals surface area contributed by atoms with Crippen molar-refractivity contribution >= 4 is 11.9 Å². The predicted octanol–water partition coefficient (Wildman–Crippen LogP) is 7.77. The number of aliphatic hydroxyl groups excluding tert-OH is 1. The minimum atomic E-state index is -1.33. The lowest BCUT2D eigenvalue weighted by atomic mass is 9.96. The Morgan fingerprint density at radius 1 is 0.500 bits per heavy atom. The molecule has 15 nitrogen and oxygen atoms in total. The molecule has 3 fully saturated rings. The summed E-state index contributed by atoms with van der Waals surface area (Å²) in [7, 11) is 0. The fraction of sp³-hybridized carbons (Fsp3) is 0.527. The van der Waals surface area contributed by atoms with Gasteiger partial charge in [-0.25, -0.2) is 0 Å². The van der Waals surface area contributed by atoms with Gasteiger partial charge in [-0.05, 0) is 47.9 Å². The van der Waals surface area contributed by atoms with E-state index in [1.54, 1.807) is 0 Å². The first-order chi connectivity index (χ1) is 34.3. The maximum Gasteiger partial charge on any atom is 0.302 e. The van der Waals surface area contributed by atoms with Crippen molar-refractivity contribution in [2.45, 2.75) is 153 Å². The lowest BCUT2D eigenvalue weighted by Gasteiger charge is -2.49. The minimum absolute atomic E-state index is 0.106. The van der Waals surface area contributed by atoms with Crippen molar-refractivity contribution in [2.75, 3.05) is 33.0 Å². The highest BCUT2D eigenvalue weighted by Gasteiger charge is 2.54. The molecule has 0 saturated carbocycles. The summed E-state index contributed by atoms with van der Waals surface area (Å²) < 4.78 is 76.7. The van der Waals surface area contributed by atoms with Crippen LogP contribution in [0.2, 0.25) is 0 Å². The zero-order valence-corrected chi connectivity index (χ0v) is 40.4. The Hall–Kier alpha value is -4.62. The highest BCUT2D eigenvalue weighted by molar-refractivity contribution is 5.66. The van der Waals surface area contributed by atoms with Gasteiger partial charge in [-0.1, -0.05) is 141 Å². The van der Waals surface area contributed by atoms with Gasteiger partial charge in [-0.2, -0.15) is 0 Å². The number of rotatable bonds is 27. The SMILES string of the molecule is CC(=O)OC[C@H]1O[C@H](O[C@@H]2[C@H](OCc3ccccc3)[C@@H](OCc3ccccc3)[C@@H](OCCCCCCCC3OCCCO3)O[C@@H]2COC(C)=O)[C@H](OCc2ccccc2)[C@@H](OCc2ccccc2)[C@H]1O. The topological polar surface area (TPSA) is 165 Å². The number of unbranched alkanes of at least 4 members (excludes halogenated alkanes) is 4. The summed E-state index contributed by atoms with van der Waals surface area (Å²) in [6.07, 6.45) is -4.27. The third kappa shape index (κ3) is 17.0. The molecular weight excluding hydrogens is 901 g/mol. The molecule has 3 heterocycles. The normalized spacial score (nSPS) is 26.1. The number of esters is 2. The van der Waals surface area contributed by atoms with Gasteiger partial charge < -0.3 is 61.9 Å². The summed E-state index contributed by atoms with van der Waals surface area (Å²) in [5.74, 6) is -1.08. The van der Waals surface area contributed by atoms with Gasteiger partial charge >= 0.3 is 11.9 Å². The van der Waals surface area contributed by atoms with Gasteiger partial charge in [-0.15, -0.1) is 0 Å². The molecule has 3 aliphatic rings. The number of ether oxygens (including phenoxy) is 12. The zero-order valence-electron chi connectivity index (χ0n) is 40.4. The first kappa shape index (κ1) is 53.2. The molecule has 0 bridgehead atoms. The predicted molar refractivity (Wildman–Crippen MR) is 256 cm³/mol. The quantitative estimate of drug-likeness (QED) is 0.0455. The maximum atomic E-state index is 12.5. The molecule has 7 rings (SSSR count). The molecule has 10 atom stereocenters. The van der Waals surface area contributed by atoms with Crippen LogP contribution < -0.4 is 0 Å². The Labute approximate surface area is 411 Å². The van der Waals surface area contributed by atoms with Crippen molar-refractivity contribution < 1.29 is 71.5 Å². The largest absolute Gasteiger partial charge is 0.463 e. The number of carbonyl (C=O) groups excluding carboxylic acids is 2. The van der Waals surface area contributed by atoms with Gasteiger partial charge in [0.15, 0.2) is 18.9 Å². The van der Waals surface area contributed by atoms with E-state index in [0.29, 0.717) is 6.61 Å². The first-order valence-electron chi connectivity index (χ1n) is 24.7. The van der Waals surface area contributed by atoms with Gasteiger partial charge in [-0.3, -0.25) is 9.59 Å². The molecule has 0 unspecified atom stereocenters. The highest BCUT2D eigenvalue weighted by Crippen LogP contribution is 2.36. The van der Waals surface area contributed by atoms with Crippen LogP contribution >= 0.6 is 0 Å². The average molecular weight is 971 g/mol. The van der Waals surface area contributed by atoms with Gasteiger partial charge in [0, 0.05) is 20.5 Å². The molecular formula is C55H70O15. The molecule has 0 radical (unpaired) electrons. The summed E-state index contributed by atoms with van der Waals surface area (Å²) in [5.41, 5.74) is 3.52. The zero-order chi connectivity index (χ0) is 48.8. The van der Waals surface area contributed by atoms with E-state index in [0.717, 1.165) is 80.4 Å². The van der Waals surface area contributed by atoms with Crippen LogP contribution in [0.1, 0.15) is 81.0 Å².